The van der Waals surface area contributed by atoms with Crippen LogP contribution in [-0.4, -0.2) is 27.1 Å². The molecule has 20 heavy (non-hydrogen) atoms. The van der Waals surface area contributed by atoms with Crippen LogP contribution < -0.4 is 5.32 Å². The normalized spacial score (nSPS) is 11.6. The number of benzene rings is 1. The molecular weight excluding hydrogens is 256 g/mol. The summed E-state index contributed by atoms with van der Waals surface area (Å²) in [4.78, 5) is 22.8. The molecule has 1 aromatic heterocycles. The van der Waals surface area contributed by atoms with Crippen molar-refractivity contribution in [2.24, 2.45) is 0 Å². The van der Waals surface area contributed by atoms with Crippen molar-refractivity contribution in [3.05, 3.63) is 36.0 Å². The van der Waals surface area contributed by atoms with E-state index >= 15 is 0 Å². The van der Waals surface area contributed by atoms with Gasteiger partial charge in [-0.25, -0.2) is 4.79 Å². The van der Waals surface area contributed by atoms with Crippen LogP contribution in [0, 0.1) is 0 Å². The number of amides is 1. The fourth-order valence-electron chi connectivity index (χ4n) is 2.08. The highest BCUT2D eigenvalue weighted by atomic mass is 16.4. The zero-order valence-electron chi connectivity index (χ0n) is 11.8. The largest absolute Gasteiger partial charge is 0.478 e. The second-order valence-corrected chi connectivity index (χ2v) is 5.82. The van der Waals surface area contributed by atoms with Crippen LogP contribution in [0.5, 0.6) is 0 Å². The molecule has 0 aliphatic rings. The molecule has 2 aromatic rings. The Morgan fingerprint density at radius 3 is 2.55 bits per heavy atom. The number of carboxylic acid groups (broad SMARTS) is 1. The average molecular weight is 274 g/mol. The SMILES string of the molecule is CC(C)(C)NC(=O)Cn1ccc2cc(C(=O)O)ccc21. The van der Waals surface area contributed by atoms with E-state index in [1.54, 1.807) is 24.4 Å². The van der Waals surface area contributed by atoms with Crippen LogP contribution in [0.4, 0.5) is 0 Å². The Hall–Kier alpha value is -2.30. The Morgan fingerprint density at radius 2 is 1.95 bits per heavy atom. The molecule has 0 saturated carbocycles. The summed E-state index contributed by atoms with van der Waals surface area (Å²) < 4.78 is 1.81. The summed E-state index contributed by atoms with van der Waals surface area (Å²) >= 11 is 0. The van der Waals surface area contributed by atoms with E-state index in [1.807, 2.05) is 31.4 Å². The van der Waals surface area contributed by atoms with Crippen LogP contribution in [0.15, 0.2) is 30.5 Å². The van der Waals surface area contributed by atoms with E-state index < -0.39 is 5.97 Å². The van der Waals surface area contributed by atoms with E-state index in [0.29, 0.717) is 0 Å². The van der Waals surface area contributed by atoms with Gasteiger partial charge in [0.1, 0.15) is 6.54 Å². The molecule has 1 heterocycles. The first-order valence-electron chi connectivity index (χ1n) is 6.39. The van der Waals surface area contributed by atoms with Gasteiger partial charge in [0.05, 0.1) is 5.56 Å². The molecule has 0 atom stereocenters. The van der Waals surface area contributed by atoms with E-state index in [9.17, 15) is 9.59 Å². The van der Waals surface area contributed by atoms with Gasteiger partial charge >= 0.3 is 5.97 Å². The lowest BCUT2D eigenvalue weighted by atomic mass is 10.1. The lowest BCUT2D eigenvalue weighted by Crippen LogP contribution is -2.42. The molecule has 1 amide bonds. The van der Waals surface area contributed by atoms with Gasteiger partial charge in [-0.1, -0.05) is 0 Å². The van der Waals surface area contributed by atoms with Gasteiger partial charge in [-0.2, -0.15) is 0 Å². The predicted molar refractivity (Wildman–Crippen MR) is 76.8 cm³/mol. The minimum absolute atomic E-state index is 0.0719. The summed E-state index contributed by atoms with van der Waals surface area (Å²) in [6.45, 7) is 6.00. The van der Waals surface area contributed by atoms with Crippen molar-refractivity contribution in [3.8, 4) is 0 Å². The number of hydrogen-bond acceptors (Lipinski definition) is 2. The lowest BCUT2D eigenvalue weighted by Gasteiger charge is -2.20. The Kier molecular flexibility index (Phi) is 3.53. The Labute approximate surface area is 117 Å². The number of nitrogens with zero attached hydrogens (tertiary/aromatic N) is 1. The van der Waals surface area contributed by atoms with Crippen LogP contribution in [0.2, 0.25) is 0 Å². The summed E-state index contributed by atoms with van der Waals surface area (Å²) in [6.07, 6.45) is 1.79. The van der Waals surface area contributed by atoms with E-state index in [0.717, 1.165) is 10.9 Å². The molecule has 2 rings (SSSR count). The molecule has 0 aliphatic heterocycles. The van der Waals surface area contributed by atoms with Gasteiger partial charge in [-0.3, -0.25) is 4.79 Å². The summed E-state index contributed by atoms with van der Waals surface area (Å²) in [5.74, 6) is -1.03. The molecule has 1 aromatic carbocycles. The fraction of sp³-hybridized carbons (Fsp3) is 0.333. The van der Waals surface area contributed by atoms with Crippen molar-refractivity contribution < 1.29 is 14.7 Å². The topological polar surface area (TPSA) is 71.3 Å². The van der Waals surface area contributed by atoms with Crippen molar-refractivity contribution in [1.82, 2.24) is 9.88 Å². The number of carboxylic acids is 1. The first-order valence-corrected chi connectivity index (χ1v) is 6.39. The van der Waals surface area contributed by atoms with Gasteiger partial charge < -0.3 is 15.0 Å². The molecule has 2 N–H and O–H groups in total. The van der Waals surface area contributed by atoms with Crippen molar-refractivity contribution in [2.75, 3.05) is 0 Å². The van der Waals surface area contributed by atoms with Crippen LogP contribution in [-0.2, 0) is 11.3 Å². The minimum Gasteiger partial charge on any atom is -0.478 e. The fourth-order valence-corrected chi connectivity index (χ4v) is 2.08. The Balaban J connectivity index is 2.24. The molecule has 5 nitrogen and oxygen atoms in total. The van der Waals surface area contributed by atoms with Gasteiger partial charge in [0.15, 0.2) is 0 Å². The maximum absolute atomic E-state index is 11.9. The number of fused-ring (bicyclic) bond motifs is 1. The van der Waals surface area contributed by atoms with Crippen molar-refractivity contribution in [3.63, 3.8) is 0 Å². The third-order valence-corrected chi connectivity index (χ3v) is 2.85. The first-order chi connectivity index (χ1) is 9.26. The third-order valence-electron chi connectivity index (χ3n) is 2.85. The highest BCUT2D eigenvalue weighted by molar-refractivity contribution is 5.94. The van der Waals surface area contributed by atoms with E-state index in [4.69, 9.17) is 5.11 Å². The summed E-state index contributed by atoms with van der Waals surface area (Å²) in [5.41, 5.74) is 0.824. The highest BCUT2D eigenvalue weighted by Gasteiger charge is 2.15. The molecule has 0 radical (unpaired) electrons. The molecule has 0 spiro atoms. The molecule has 0 aliphatic carbocycles. The summed E-state index contributed by atoms with van der Waals surface area (Å²) in [7, 11) is 0. The predicted octanol–water partition coefficient (Wildman–Crippen LogP) is 2.25. The van der Waals surface area contributed by atoms with E-state index in [1.165, 1.54) is 0 Å². The molecule has 106 valence electrons. The standard InChI is InChI=1S/C15H18N2O3/c1-15(2,3)16-13(18)9-17-7-6-10-8-11(14(19)20)4-5-12(10)17/h4-8H,9H2,1-3H3,(H,16,18)(H,19,20). The molecule has 5 heteroatoms. The number of carbonyl (C=O) groups excluding carboxylic acids is 1. The number of hydrogen-bond donors (Lipinski definition) is 2. The van der Waals surface area contributed by atoms with Crippen molar-refractivity contribution in [1.29, 1.82) is 0 Å². The van der Waals surface area contributed by atoms with Gasteiger partial charge in [-0.05, 0) is 45.0 Å². The number of rotatable bonds is 3. The van der Waals surface area contributed by atoms with Crippen molar-refractivity contribution in [2.45, 2.75) is 32.9 Å². The van der Waals surface area contributed by atoms with Gasteiger partial charge in [0.25, 0.3) is 0 Å². The number of carbonyl (C=O) groups is 2. The average Bonchev–Trinajstić information content (AvgIpc) is 2.69. The van der Waals surface area contributed by atoms with Gasteiger partial charge in [-0.15, -0.1) is 0 Å². The van der Waals surface area contributed by atoms with Crippen molar-refractivity contribution >= 4 is 22.8 Å². The maximum atomic E-state index is 11.9. The molecule has 0 saturated heterocycles. The zero-order chi connectivity index (χ0) is 14.9. The Bertz CT molecular complexity index is 665. The lowest BCUT2D eigenvalue weighted by molar-refractivity contribution is -0.123. The number of nitrogens with one attached hydrogen (secondary N) is 1. The summed E-state index contributed by atoms with van der Waals surface area (Å²) in [5, 5.41) is 12.7. The maximum Gasteiger partial charge on any atom is 0.335 e. The van der Waals surface area contributed by atoms with Crippen LogP contribution >= 0.6 is 0 Å². The Morgan fingerprint density at radius 1 is 1.25 bits per heavy atom. The van der Waals surface area contributed by atoms with Gasteiger partial charge in [0, 0.05) is 22.6 Å². The molecule has 0 unspecified atom stereocenters. The molecular formula is C15H18N2O3. The highest BCUT2D eigenvalue weighted by Crippen LogP contribution is 2.18. The smallest absolute Gasteiger partial charge is 0.335 e. The summed E-state index contributed by atoms with van der Waals surface area (Å²) in [6, 6.07) is 6.69. The van der Waals surface area contributed by atoms with Crippen LogP contribution in [0.1, 0.15) is 31.1 Å². The van der Waals surface area contributed by atoms with E-state index in [-0.39, 0.29) is 23.6 Å². The zero-order valence-corrected chi connectivity index (χ0v) is 11.8. The van der Waals surface area contributed by atoms with E-state index in [2.05, 4.69) is 5.32 Å². The van der Waals surface area contributed by atoms with Gasteiger partial charge in [0.2, 0.25) is 5.91 Å². The quantitative estimate of drug-likeness (QED) is 0.901. The van der Waals surface area contributed by atoms with Crippen LogP contribution in [0.25, 0.3) is 10.9 Å². The number of aromatic nitrogens is 1. The van der Waals surface area contributed by atoms with Crippen LogP contribution in [0.3, 0.4) is 0 Å². The first kappa shape index (κ1) is 14.1. The second-order valence-electron chi connectivity index (χ2n) is 5.82. The molecule has 0 fully saturated rings. The second kappa shape index (κ2) is 5.00. The minimum atomic E-state index is -0.954. The monoisotopic (exact) mass is 274 g/mol. The third kappa shape index (κ3) is 3.17. The number of aromatic carboxylic acids is 1. The molecule has 0 bridgehead atoms.